The Morgan fingerprint density at radius 2 is 1.95 bits per heavy atom. The molecule has 1 aromatic heterocycles. The number of hydrogen-bond donors (Lipinski definition) is 1. The summed E-state index contributed by atoms with van der Waals surface area (Å²) in [6.45, 7) is 0. The normalized spacial score (nSPS) is 12.1. The summed E-state index contributed by atoms with van der Waals surface area (Å²) in [4.78, 5) is 7.84. The molecule has 0 spiro atoms. The van der Waals surface area contributed by atoms with Crippen LogP contribution in [-0.2, 0) is 0 Å². The van der Waals surface area contributed by atoms with Gasteiger partial charge in [0.25, 0.3) is 0 Å². The minimum absolute atomic E-state index is 0.0273. The number of aliphatic hydroxyl groups is 1. The lowest BCUT2D eigenvalue weighted by molar-refractivity contribution is 0.201. The van der Waals surface area contributed by atoms with E-state index in [0.29, 0.717) is 0 Å². The van der Waals surface area contributed by atoms with Gasteiger partial charge in [0, 0.05) is 5.56 Å². The van der Waals surface area contributed by atoms with Gasteiger partial charge >= 0.3 is 0 Å². The van der Waals surface area contributed by atoms with Gasteiger partial charge in [-0.05, 0) is 18.2 Å². The van der Waals surface area contributed by atoms with Crippen LogP contribution in [0.4, 0.5) is 8.78 Å². The summed E-state index contributed by atoms with van der Waals surface area (Å²) < 4.78 is 36.6. The number of aromatic nitrogens is 2. The molecule has 0 radical (unpaired) electrons. The van der Waals surface area contributed by atoms with Crippen molar-refractivity contribution >= 4 is 0 Å². The van der Waals surface area contributed by atoms with E-state index in [1.165, 1.54) is 20.4 Å². The van der Waals surface area contributed by atoms with E-state index in [4.69, 9.17) is 9.47 Å². The Labute approximate surface area is 113 Å². The van der Waals surface area contributed by atoms with Gasteiger partial charge < -0.3 is 14.6 Å². The van der Waals surface area contributed by atoms with Crippen molar-refractivity contribution in [3.05, 3.63) is 47.3 Å². The summed E-state index contributed by atoms with van der Waals surface area (Å²) >= 11 is 0. The third kappa shape index (κ3) is 2.67. The number of ether oxygens (including phenoxy) is 2. The van der Waals surface area contributed by atoms with E-state index in [1.807, 2.05) is 0 Å². The Balaban J connectivity index is 2.47. The first-order chi connectivity index (χ1) is 9.56. The molecule has 20 heavy (non-hydrogen) atoms. The van der Waals surface area contributed by atoms with Gasteiger partial charge in [0.15, 0.2) is 0 Å². The molecule has 0 saturated carbocycles. The highest BCUT2D eigenvalue weighted by atomic mass is 19.1. The van der Waals surface area contributed by atoms with Crippen LogP contribution in [0.25, 0.3) is 0 Å². The van der Waals surface area contributed by atoms with E-state index in [2.05, 4.69) is 9.97 Å². The van der Waals surface area contributed by atoms with Gasteiger partial charge in [-0.2, -0.15) is 4.98 Å². The summed E-state index contributed by atoms with van der Waals surface area (Å²) in [6.07, 6.45) is -0.253. The Kier molecular flexibility index (Phi) is 4.09. The van der Waals surface area contributed by atoms with E-state index >= 15 is 0 Å². The van der Waals surface area contributed by atoms with Gasteiger partial charge in [-0.25, -0.2) is 13.8 Å². The minimum Gasteiger partial charge on any atom is -0.480 e. The van der Waals surface area contributed by atoms with Gasteiger partial charge in [-0.3, -0.25) is 0 Å². The maximum absolute atomic E-state index is 13.6. The van der Waals surface area contributed by atoms with Crippen LogP contribution in [0, 0.1) is 11.6 Å². The van der Waals surface area contributed by atoms with Gasteiger partial charge in [-0.15, -0.1) is 0 Å². The van der Waals surface area contributed by atoms with Crippen LogP contribution in [0.15, 0.2) is 24.4 Å². The molecule has 1 unspecified atom stereocenters. The van der Waals surface area contributed by atoms with E-state index in [9.17, 15) is 13.9 Å². The molecule has 0 bridgehead atoms. The van der Waals surface area contributed by atoms with Crippen LogP contribution in [0.1, 0.15) is 17.4 Å². The fraction of sp³-hybridized carbons (Fsp3) is 0.231. The summed E-state index contributed by atoms with van der Waals surface area (Å²) in [7, 11) is 2.72. The van der Waals surface area contributed by atoms with Crippen molar-refractivity contribution < 1.29 is 23.4 Å². The lowest BCUT2D eigenvalue weighted by Gasteiger charge is -2.14. The minimum atomic E-state index is -1.50. The van der Waals surface area contributed by atoms with Crippen LogP contribution in [0.5, 0.6) is 11.8 Å². The first kappa shape index (κ1) is 14.1. The Morgan fingerprint density at radius 3 is 2.60 bits per heavy atom. The summed E-state index contributed by atoms with van der Waals surface area (Å²) in [5, 5.41) is 10.1. The SMILES string of the molecule is COc1cnc(C(O)c2cc(F)ccc2F)c(OC)n1. The molecule has 2 rings (SSSR count). The van der Waals surface area contributed by atoms with Crippen molar-refractivity contribution in [1.29, 1.82) is 0 Å². The lowest BCUT2D eigenvalue weighted by Crippen LogP contribution is -2.09. The topological polar surface area (TPSA) is 64.5 Å². The number of nitrogens with zero attached hydrogens (tertiary/aromatic N) is 2. The molecule has 1 aromatic carbocycles. The average Bonchev–Trinajstić information content (AvgIpc) is 2.48. The molecule has 0 aliphatic rings. The molecule has 1 heterocycles. The quantitative estimate of drug-likeness (QED) is 0.927. The van der Waals surface area contributed by atoms with Crippen molar-refractivity contribution in [2.24, 2.45) is 0 Å². The first-order valence-corrected chi connectivity index (χ1v) is 5.64. The number of rotatable bonds is 4. The fourth-order valence-corrected chi connectivity index (χ4v) is 1.67. The molecule has 1 N–H and O–H groups in total. The predicted octanol–water partition coefficient (Wildman–Crippen LogP) is 1.85. The molecule has 0 fully saturated rings. The number of halogens is 2. The first-order valence-electron chi connectivity index (χ1n) is 5.64. The smallest absolute Gasteiger partial charge is 0.241 e. The summed E-state index contributed by atoms with van der Waals surface area (Å²) in [6, 6.07) is 2.78. The molecule has 106 valence electrons. The van der Waals surface area contributed by atoms with E-state index in [-0.39, 0.29) is 23.0 Å². The van der Waals surface area contributed by atoms with E-state index < -0.39 is 17.7 Å². The zero-order valence-corrected chi connectivity index (χ0v) is 10.8. The molecule has 5 nitrogen and oxygen atoms in total. The van der Waals surface area contributed by atoms with E-state index in [0.717, 1.165) is 18.2 Å². The van der Waals surface area contributed by atoms with Crippen molar-refractivity contribution in [1.82, 2.24) is 9.97 Å². The number of hydrogen-bond acceptors (Lipinski definition) is 5. The third-order valence-corrected chi connectivity index (χ3v) is 2.66. The molecule has 0 saturated heterocycles. The Bertz CT molecular complexity index is 623. The number of aliphatic hydroxyl groups excluding tert-OH is 1. The monoisotopic (exact) mass is 282 g/mol. The number of benzene rings is 1. The third-order valence-electron chi connectivity index (χ3n) is 2.66. The van der Waals surface area contributed by atoms with Gasteiger partial charge in [0.05, 0.1) is 20.4 Å². The molecule has 0 aliphatic heterocycles. The molecular weight excluding hydrogens is 270 g/mol. The van der Waals surface area contributed by atoms with Crippen molar-refractivity contribution in [2.75, 3.05) is 14.2 Å². The lowest BCUT2D eigenvalue weighted by atomic mass is 10.1. The maximum atomic E-state index is 13.6. The highest BCUT2D eigenvalue weighted by Gasteiger charge is 2.22. The second kappa shape index (κ2) is 5.79. The summed E-state index contributed by atoms with van der Waals surface area (Å²) in [5.74, 6) is -1.27. The second-order valence-corrected chi connectivity index (χ2v) is 3.88. The zero-order chi connectivity index (χ0) is 14.7. The number of methoxy groups -OCH3 is 2. The molecule has 7 heteroatoms. The van der Waals surface area contributed by atoms with Crippen molar-refractivity contribution in [3.8, 4) is 11.8 Å². The standard InChI is InChI=1S/C13H12F2N2O3/c1-19-10-6-16-11(13(17-10)20-2)12(18)8-5-7(14)3-4-9(8)15/h3-6,12,18H,1-2H3. The average molecular weight is 282 g/mol. The second-order valence-electron chi connectivity index (χ2n) is 3.88. The molecule has 2 aromatic rings. The highest BCUT2D eigenvalue weighted by molar-refractivity contribution is 5.33. The Hall–Kier alpha value is -2.28. The van der Waals surface area contributed by atoms with Crippen LogP contribution < -0.4 is 9.47 Å². The zero-order valence-electron chi connectivity index (χ0n) is 10.8. The molecule has 0 amide bonds. The summed E-state index contributed by atoms with van der Waals surface area (Å²) in [5.41, 5.74) is -0.277. The Morgan fingerprint density at radius 1 is 1.20 bits per heavy atom. The molecule has 1 atom stereocenters. The van der Waals surface area contributed by atoms with Crippen molar-refractivity contribution in [3.63, 3.8) is 0 Å². The largest absolute Gasteiger partial charge is 0.480 e. The van der Waals surface area contributed by atoms with Crippen LogP contribution in [0.3, 0.4) is 0 Å². The van der Waals surface area contributed by atoms with Crippen LogP contribution in [-0.4, -0.2) is 29.3 Å². The molecular formula is C13H12F2N2O3. The van der Waals surface area contributed by atoms with Gasteiger partial charge in [0.2, 0.25) is 11.8 Å². The van der Waals surface area contributed by atoms with Crippen LogP contribution in [0.2, 0.25) is 0 Å². The van der Waals surface area contributed by atoms with Gasteiger partial charge in [-0.1, -0.05) is 0 Å². The van der Waals surface area contributed by atoms with E-state index in [1.54, 1.807) is 0 Å². The predicted molar refractivity (Wildman–Crippen MR) is 65.6 cm³/mol. The highest BCUT2D eigenvalue weighted by Crippen LogP contribution is 2.29. The van der Waals surface area contributed by atoms with Crippen molar-refractivity contribution in [2.45, 2.75) is 6.10 Å². The fourth-order valence-electron chi connectivity index (χ4n) is 1.67. The maximum Gasteiger partial charge on any atom is 0.241 e. The van der Waals surface area contributed by atoms with Gasteiger partial charge in [0.1, 0.15) is 23.4 Å². The molecule has 0 aliphatic carbocycles. The van der Waals surface area contributed by atoms with Crippen LogP contribution >= 0.6 is 0 Å².